The number of rotatable bonds is 1. The van der Waals surface area contributed by atoms with Crippen molar-refractivity contribution in [2.24, 2.45) is 5.10 Å². The number of amides is 3. The molecule has 0 radical (unpaired) electrons. The Morgan fingerprint density at radius 3 is 2.75 bits per heavy atom. The van der Waals surface area contributed by atoms with E-state index >= 15 is 0 Å². The monoisotopic (exact) mass is 189 g/mol. The average Bonchev–Trinajstić information content (AvgIpc) is 2.34. The van der Waals surface area contributed by atoms with E-state index in [9.17, 15) is 9.59 Å². The molecular formula is C6H8ClN3O2. The summed E-state index contributed by atoms with van der Waals surface area (Å²) in [5, 5.41) is 4.18. The molecule has 12 heavy (non-hydrogen) atoms. The first kappa shape index (κ1) is 8.99. The second-order valence-corrected chi connectivity index (χ2v) is 2.51. The predicted octanol–water partition coefficient (Wildman–Crippen LogP) is 1.09. The molecule has 1 aliphatic heterocycles. The second kappa shape index (κ2) is 3.53. The van der Waals surface area contributed by atoms with Crippen LogP contribution >= 0.6 is 11.6 Å². The average molecular weight is 190 g/mol. The van der Waals surface area contributed by atoms with Gasteiger partial charge in [-0.3, -0.25) is 4.79 Å². The van der Waals surface area contributed by atoms with Crippen LogP contribution in [0.2, 0.25) is 0 Å². The van der Waals surface area contributed by atoms with Crippen molar-refractivity contribution >= 4 is 29.2 Å². The standard InChI is InChI=1S/C6H8ClN3O2/c1-2-8-10-4-3-9(5(7)11)6(10)12/h2H,3-4H2,1H3. The zero-order chi connectivity index (χ0) is 9.14. The molecule has 3 amide bonds. The largest absolute Gasteiger partial charge is 0.348 e. The fraction of sp³-hybridized carbons (Fsp3) is 0.500. The van der Waals surface area contributed by atoms with Gasteiger partial charge in [0.2, 0.25) is 0 Å². The van der Waals surface area contributed by atoms with Crippen LogP contribution in [0.15, 0.2) is 5.10 Å². The highest BCUT2D eigenvalue weighted by atomic mass is 35.5. The van der Waals surface area contributed by atoms with Gasteiger partial charge in [0.05, 0.1) is 13.1 Å². The van der Waals surface area contributed by atoms with Gasteiger partial charge in [-0.25, -0.2) is 14.7 Å². The van der Waals surface area contributed by atoms with E-state index in [-0.39, 0.29) is 0 Å². The van der Waals surface area contributed by atoms with Crippen molar-refractivity contribution in [2.45, 2.75) is 6.92 Å². The van der Waals surface area contributed by atoms with E-state index in [0.717, 1.165) is 4.90 Å². The van der Waals surface area contributed by atoms with E-state index in [0.29, 0.717) is 13.1 Å². The van der Waals surface area contributed by atoms with E-state index in [1.807, 2.05) is 0 Å². The minimum absolute atomic E-state index is 0.304. The van der Waals surface area contributed by atoms with Crippen LogP contribution in [0, 0.1) is 0 Å². The van der Waals surface area contributed by atoms with Crippen molar-refractivity contribution in [3.05, 3.63) is 0 Å². The number of hydrogen-bond donors (Lipinski definition) is 0. The van der Waals surface area contributed by atoms with Gasteiger partial charge < -0.3 is 0 Å². The Bertz CT molecular complexity index is 241. The number of urea groups is 1. The fourth-order valence-corrected chi connectivity index (χ4v) is 1.09. The molecular weight excluding hydrogens is 182 g/mol. The van der Waals surface area contributed by atoms with Crippen LogP contribution in [0.1, 0.15) is 6.92 Å². The molecule has 1 saturated heterocycles. The third kappa shape index (κ3) is 1.55. The maximum absolute atomic E-state index is 11.2. The zero-order valence-electron chi connectivity index (χ0n) is 6.53. The topological polar surface area (TPSA) is 53.0 Å². The molecule has 0 spiro atoms. The molecule has 66 valence electrons. The lowest BCUT2D eigenvalue weighted by Crippen LogP contribution is -2.30. The van der Waals surface area contributed by atoms with Crippen molar-refractivity contribution in [1.29, 1.82) is 0 Å². The Hall–Kier alpha value is -1.10. The minimum atomic E-state index is -0.756. The van der Waals surface area contributed by atoms with Crippen LogP contribution in [0.3, 0.4) is 0 Å². The Balaban J connectivity index is 2.67. The SMILES string of the molecule is CC=NN1CCN(C(=O)Cl)C1=O. The Morgan fingerprint density at radius 1 is 1.67 bits per heavy atom. The molecule has 1 fully saturated rings. The van der Waals surface area contributed by atoms with Gasteiger partial charge in [-0.2, -0.15) is 5.10 Å². The van der Waals surface area contributed by atoms with E-state index in [4.69, 9.17) is 11.6 Å². The molecule has 0 N–H and O–H groups in total. The normalized spacial score (nSPS) is 18.0. The number of hydrazone groups is 1. The third-order valence-corrected chi connectivity index (χ3v) is 1.66. The molecule has 1 rings (SSSR count). The van der Waals surface area contributed by atoms with Crippen molar-refractivity contribution < 1.29 is 9.59 Å². The number of nitrogens with zero attached hydrogens (tertiary/aromatic N) is 3. The van der Waals surface area contributed by atoms with Gasteiger partial charge in [0.15, 0.2) is 0 Å². The van der Waals surface area contributed by atoms with Crippen molar-refractivity contribution in [2.75, 3.05) is 13.1 Å². The summed E-state index contributed by atoms with van der Waals surface area (Å²) in [6.07, 6.45) is 1.49. The molecule has 0 bridgehead atoms. The van der Waals surface area contributed by atoms with Crippen molar-refractivity contribution in [3.8, 4) is 0 Å². The molecule has 1 heterocycles. The van der Waals surface area contributed by atoms with Crippen LogP contribution in [0.25, 0.3) is 0 Å². The summed E-state index contributed by atoms with van der Waals surface area (Å²) in [5.41, 5.74) is 0. The number of imide groups is 1. The summed E-state index contributed by atoms with van der Waals surface area (Å²) in [4.78, 5) is 22.7. The van der Waals surface area contributed by atoms with Gasteiger partial charge in [-0.05, 0) is 18.5 Å². The summed E-state index contributed by atoms with van der Waals surface area (Å²) >= 11 is 5.13. The second-order valence-electron chi connectivity index (χ2n) is 2.18. The Kier molecular flexibility index (Phi) is 2.65. The maximum Gasteiger partial charge on any atom is 0.348 e. The van der Waals surface area contributed by atoms with Crippen LogP contribution in [0.4, 0.5) is 9.59 Å². The summed E-state index contributed by atoms with van der Waals surface area (Å²) < 4.78 is 0. The molecule has 0 saturated carbocycles. The van der Waals surface area contributed by atoms with Crippen LogP contribution in [-0.2, 0) is 0 Å². The lowest BCUT2D eigenvalue weighted by Gasteiger charge is -2.09. The molecule has 1 aliphatic rings. The first-order chi connectivity index (χ1) is 5.66. The summed E-state index contributed by atoms with van der Waals surface area (Å²) in [7, 11) is 0. The molecule has 0 aliphatic carbocycles. The van der Waals surface area contributed by atoms with Gasteiger partial charge in [0.1, 0.15) is 0 Å². The lowest BCUT2D eigenvalue weighted by atomic mass is 10.6. The van der Waals surface area contributed by atoms with Gasteiger partial charge in [0, 0.05) is 6.21 Å². The summed E-state index contributed by atoms with van der Waals surface area (Å²) in [6.45, 7) is 2.40. The first-order valence-corrected chi connectivity index (χ1v) is 3.81. The van der Waals surface area contributed by atoms with Crippen molar-refractivity contribution in [3.63, 3.8) is 0 Å². The maximum atomic E-state index is 11.2. The number of hydrogen-bond acceptors (Lipinski definition) is 3. The molecule has 0 aromatic heterocycles. The van der Waals surface area contributed by atoms with Crippen molar-refractivity contribution in [1.82, 2.24) is 9.91 Å². The fourth-order valence-electron chi connectivity index (χ4n) is 0.935. The molecule has 0 aromatic rings. The van der Waals surface area contributed by atoms with Gasteiger partial charge in [-0.1, -0.05) is 0 Å². The third-order valence-electron chi connectivity index (χ3n) is 1.45. The highest BCUT2D eigenvalue weighted by molar-refractivity contribution is 6.64. The quantitative estimate of drug-likeness (QED) is 0.352. The first-order valence-electron chi connectivity index (χ1n) is 3.44. The Morgan fingerprint density at radius 2 is 2.33 bits per heavy atom. The molecule has 0 aromatic carbocycles. The number of carbonyl (C=O) groups excluding carboxylic acids is 2. The molecule has 0 unspecified atom stereocenters. The molecule has 5 nitrogen and oxygen atoms in total. The van der Waals surface area contributed by atoms with E-state index in [1.54, 1.807) is 6.92 Å². The molecule has 0 atom stereocenters. The van der Waals surface area contributed by atoms with E-state index < -0.39 is 11.4 Å². The highest BCUT2D eigenvalue weighted by Gasteiger charge is 2.31. The van der Waals surface area contributed by atoms with Crippen LogP contribution in [0.5, 0.6) is 0 Å². The van der Waals surface area contributed by atoms with Gasteiger partial charge in [0.25, 0.3) is 0 Å². The van der Waals surface area contributed by atoms with E-state index in [1.165, 1.54) is 11.2 Å². The predicted molar refractivity (Wildman–Crippen MR) is 44.2 cm³/mol. The van der Waals surface area contributed by atoms with Crippen LogP contribution < -0.4 is 0 Å². The number of halogens is 1. The Labute approximate surface area is 74.6 Å². The minimum Gasteiger partial charge on any atom is -0.255 e. The van der Waals surface area contributed by atoms with Gasteiger partial charge >= 0.3 is 11.4 Å². The summed E-state index contributed by atoms with van der Waals surface area (Å²) in [5.74, 6) is 0. The van der Waals surface area contributed by atoms with Crippen LogP contribution in [-0.4, -0.2) is 40.6 Å². The van der Waals surface area contributed by atoms with Gasteiger partial charge in [-0.15, -0.1) is 0 Å². The molecule has 6 heteroatoms. The summed E-state index contributed by atoms with van der Waals surface area (Å²) in [6, 6.07) is -0.465. The zero-order valence-corrected chi connectivity index (χ0v) is 7.28. The highest BCUT2D eigenvalue weighted by Crippen LogP contribution is 2.10. The smallest absolute Gasteiger partial charge is 0.255 e. The van der Waals surface area contributed by atoms with E-state index in [2.05, 4.69) is 5.10 Å². The lowest BCUT2D eigenvalue weighted by molar-refractivity contribution is 0.195. The number of carbonyl (C=O) groups is 2.